The summed E-state index contributed by atoms with van der Waals surface area (Å²) in [6, 6.07) is 14.0. The Kier molecular flexibility index (Phi) is 9.20. The monoisotopic (exact) mass is 532 g/mol. The predicted molar refractivity (Wildman–Crippen MR) is 159 cm³/mol. The van der Waals surface area contributed by atoms with Gasteiger partial charge in [-0.3, -0.25) is 4.79 Å². The van der Waals surface area contributed by atoms with E-state index in [1.165, 1.54) is 30.5 Å². The number of ether oxygens (including phenoxy) is 1. The molecule has 0 saturated carbocycles. The lowest BCUT2D eigenvalue weighted by Crippen LogP contribution is -2.36. The molecule has 0 spiro atoms. The van der Waals surface area contributed by atoms with Crippen LogP contribution in [0.2, 0.25) is 0 Å². The normalized spacial score (nSPS) is 14.9. The van der Waals surface area contributed by atoms with Crippen molar-refractivity contribution in [2.75, 3.05) is 23.3 Å². The zero-order chi connectivity index (χ0) is 28.0. The highest BCUT2D eigenvalue weighted by atomic mass is 16.6. The molecule has 7 heteroatoms. The number of amides is 2. The van der Waals surface area contributed by atoms with Crippen LogP contribution in [0.3, 0.4) is 0 Å². The van der Waals surface area contributed by atoms with Crippen LogP contribution >= 0.6 is 0 Å². The molecule has 39 heavy (non-hydrogen) atoms. The van der Waals surface area contributed by atoms with Gasteiger partial charge in [0.1, 0.15) is 5.60 Å². The Bertz CT molecular complexity index is 1270. The van der Waals surface area contributed by atoms with Crippen LogP contribution in [0.4, 0.5) is 16.2 Å². The van der Waals surface area contributed by atoms with Gasteiger partial charge in [-0.05, 0) is 94.2 Å². The second kappa shape index (κ2) is 12.6. The quantitative estimate of drug-likeness (QED) is 0.252. The predicted octanol–water partition coefficient (Wildman–Crippen LogP) is 7.34. The van der Waals surface area contributed by atoms with Crippen LogP contribution in [0.1, 0.15) is 83.9 Å². The van der Waals surface area contributed by atoms with E-state index in [0.717, 1.165) is 36.0 Å². The Morgan fingerprint density at radius 3 is 2.51 bits per heavy atom. The van der Waals surface area contributed by atoms with Crippen molar-refractivity contribution in [1.29, 1.82) is 0 Å². The maximum Gasteiger partial charge on any atom is 0.319 e. The number of para-hydroxylation sites is 1. The van der Waals surface area contributed by atoms with Crippen LogP contribution in [0.5, 0.6) is 0 Å². The van der Waals surface area contributed by atoms with Gasteiger partial charge in [-0.25, -0.2) is 4.79 Å². The number of hydrogen-bond donors (Lipinski definition) is 3. The number of nitrogens with one attached hydrogen (secondary N) is 3. The summed E-state index contributed by atoms with van der Waals surface area (Å²) in [5, 5.41) is 7.31. The Hall–Kier alpha value is -3.48. The molecular weight excluding hydrogens is 488 g/mol. The number of hydrogen-bond acceptors (Lipinski definition) is 4. The molecule has 1 fully saturated rings. The number of H-pyrrole nitrogens is 1. The summed E-state index contributed by atoms with van der Waals surface area (Å²) in [5.74, 6) is 0.208. The molecule has 1 atom stereocenters. The number of anilines is 2. The molecule has 2 amide bonds. The first-order chi connectivity index (χ1) is 18.6. The van der Waals surface area contributed by atoms with Crippen LogP contribution in [0.15, 0.2) is 48.7 Å². The number of benzene rings is 2. The molecule has 7 nitrogen and oxygen atoms in total. The number of carbonyl (C=O) groups excluding carboxylic acids is 2. The number of fused-ring (bicyclic) bond motifs is 1. The van der Waals surface area contributed by atoms with E-state index in [-0.39, 0.29) is 18.0 Å². The first kappa shape index (κ1) is 28.5. The lowest BCUT2D eigenvalue weighted by molar-refractivity contribution is -0.154. The van der Waals surface area contributed by atoms with E-state index in [0.29, 0.717) is 24.4 Å². The van der Waals surface area contributed by atoms with Gasteiger partial charge in [-0.2, -0.15) is 0 Å². The van der Waals surface area contributed by atoms with Gasteiger partial charge in [-0.15, -0.1) is 0 Å². The Morgan fingerprint density at radius 1 is 1.05 bits per heavy atom. The molecule has 0 radical (unpaired) electrons. The minimum absolute atomic E-state index is 0.0940. The number of nitrogens with zero attached hydrogens (tertiary/aromatic N) is 1. The molecule has 1 aliphatic heterocycles. The molecule has 3 aromatic rings. The zero-order valence-electron chi connectivity index (χ0n) is 24.1. The second-order valence-electron chi connectivity index (χ2n) is 12.0. The molecule has 2 heterocycles. The van der Waals surface area contributed by atoms with Crippen LogP contribution in [0, 0.1) is 5.92 Å². The third kappa shape index (κ3) is 8.01. The summed E-state index contributed by atoms with van der Waals surface area (Å²) >= 11 is 0. The topological polar surface area (TPSA) is 86.5 Å². The molecule has 1 unspecified atom stereocenters. The maximum atomic E-state index is 13.3. The van der Waals surface area contributed by atoms with Gasteiger partial charge in [0.2, 0.25) is 0 Å². The molecule has 3 N–H and O–H groups in total. The van der Waals surface area contributed by atoms with Crippen molar-refractivity contribution in [3.8, 4) is 0 Å². The number of aromatic nitrogens is 1. The summed E-state index contributed by atoms with van der Waals surface area (Å²) < 4.78 is 5.45. The number of aryl methyl sites for hydroxylation is 1. The van der Waals surface area contributed by atoms with E-state index >= 15 is 0 Å². The van der Waals surface area contributed by atoms with Gasteiger partial charge in [0, 0.05) is 48.0 Å². The number of carbonyl (C=O) groups is 2. The molecule has 0 aliphatic carbocycles. The summed E-state index contributed by atoms with van der Waals surface area (Å²) in [6.07, 6.45) is 7.34. The lowest BCUT2D eigenvalue weighted by Gasteiger charge is -2.33. The molecule has 4 rings (SSSR count). The van der Waals surface area contributed by atoms with Crippen molar-refractivity contribution in [2.24, 2.45) is 5.92 Å². The van der Waals surface area contributed by atoms with Gasteiger partial charge in [0.15, 0.2) is 0 Å². The van der Waals surface area contributed by atoms with Crippen LogP contribution < -0.4 is 15.5 Å². The minimum Gasteiger partial charge on any atom is -0.460 e. The third-order valence-electron chi connectivity index (χ3n) is 7.07. The van der Waals surface area contributed by atoms with Crippen molar-refractivity contribution >= 4 is 34.3 Å². The van der Waals surface area contributed by atoms with E-state index in [2.05, 4.69) is 58.6 Å². The van der Waals surface area contributed by atoms with E-state index in [9.17, 15) is 9.59 Å². The highest BCUT2D eigenvalue weighted by Crippen LogP contribution is 2.32. The molecule has 1 aromatic heterocycles. The van der Waals surface area contributed by atoms with Crippen LogP contribution in [-0.4, -0.2) is 35.7 Å². The highest BCUT2D eigenvalue weighted by Gasteiger charge is 2.23. The fourth-order valence-corrected chi connectivity index (χ4v) is 5.36. The van der Waals surface area contributed by atoms with Gasteiger partial charge in [0.05, 0.1) is 6.04 Å². The lowest BCUT2D eigenvalue weighted by atomic mass is 9.94. The number of piperidine rings is 1. The smallest absolute Gasteiger partial charge is 0.319 e. The third-order valence-corrected chi connectivity index (χ3v) is 7.07. The average molecular weight is 533 g/mol. The van der Waals surface area contributed by atoms with Crippen molar-refractivity contribution in [3.63, 3.8) is 0 Å². The maximum absolute atomic E-state index is 13.3. The Labute approximate surface area is 232 Å². The fourth-order valence-electron chi connectivity index (χ4n) is 5.36. The molecule has 1 aliphatic rings. The van der Waals surface area contributed by atoms with E-state index in [1.807, 2.05) is 45.2 Å². The fraction of sp³-hybridized carbons (Fsp3) is 0.500. The summed E-state index contributed by atoms with van der Waals surface area (Å²) in [7, 11) is 0. The van der Waals surface area contributed by atoms with E-state index in [1.54, 1.807) is 0 Å². The summed E-state index contributed by atoms with van der Waals surface area (Å²) in [4.78, 5) is 31.2. The van der Waals surface area contributed by atoms with Crippen LogP contribution in [-0.2, 0) is 16.0 Å². The standard InChI is InChI=1S/C32H44N4O3/c1-22(2)19-28(25-11-7-8-12-29(25)36-17-9-6-10-18-36)35-31(38)34-24-14-15-27-26(20-24)23(21-33-27)13-16-30(37)39-32(3,4)5/h7-8,11-12,14-15,20-22,28,33H,6,9-10,13,16-19H2,1-5H3,(H2,34,35,38). The molecule has 2 aromatic carbocycles. The number of esters is 1. The van der Waals surface area contributed by atoms with Crippen molar-refractivity contribution in [2.45, 2.75) is 84.8 Å². The molecular formula is C32H44N4O3. The number of rotatable bonds is 9. The van der Waals surface area contributed by atoms with E-state index < -0.39 is 5.60 Å². The first-order valence-corrected chi connectivity index (χ1v) is 14.3. The second-order valence-corrected chi connectivity index (χ2v) is 12.0. The molecule has 210 valence electrons. The average Bonchev–Trinajstić information content (AvgIpc) is 3.28. The largest absolute Gasteiger partial charge is 0.460 e. The van der Waals surface area contributed by atoms with Gasteiger partial charge >= 0.3 is 12.0 Å². The first-order valence-electron chi connectivity index (χ1n) is 14.3. The summed E-state index contributed by atoms with van der Waals surface area (Å²) in [5.41, 5.74) is 4.61. The van der Waals surface area contributed by atoms with Crippen LogP contribution in [0.25, 0.3) is 10.9 Å². The Morgan fingerprint density at radius 2 is 1.79 bits per heavy atom. The highest BCUT2D eigenvalue weighted by molar-refractivity contribution is 5.94. The Balaban J connectivity index is 1.47. The number of urea groups is 1. The van der Waals surface area contributed by atoms with E-state index in [4.69, 9.17) is 4.74 Å². The summed E-state index contributed by atoms with van der Waals surface area (Å²) in [6.45, 7) is 12.1. The zero-order valence-corrected chi connectivity index (χ0v) is 24.1. The molecule has 0 bridgehead atoms. The van der Waals surface area contributed by atoms with Gasteiger partial charge in [0.25, 0.3) is 0 Å². The minimum atomic E-state index is -0.497. The number of aromatic amines is 1. The van der Waals surface area contributed by atoms with Gasteiger partial charge < -0.3 is 25.3 Å². The SMILES string of the molecule is CC(C)CC(NC(=O)Nc1ccc2[nH]cc(CCC(=O)OC(C)(C)C)c2c1)c1ccccc1N1CCCCC1. The van der Waals surface area contributed by atoms with Gasteiger partial charge in [-0.1, -0.05) is 32.0 Å². The molecule has 1 saturated heterocycles. The van der Waals surface area contributed by atoms with Crippen molar-refractivity contribution < 1.29 is 14.3 Å². The van der Waals surface area contributed by atoms with Crippen molar-refractivity contribution in [1.82, 2.24) is 10.3 Å². The van der Waals surface area contributed by atoms with Crippen molar-refractivity contribution in [3.05, 3.63) is 59.8 Å².